The van der Waals surface area contributed by atoms with Crippen molar-refractivity contribution >= 4 is 81.3 Å². The van der Waals surface area contributed by atoms with Gasteiger partial charge in [0.05, 0.1) is 10.4 Å². The molecule has 0 radical (unpaired) electrons. The third-order valence-corrected chi connectivity index (χ3v) is 9.67. The molecule has 9 aromatic rings. The lowest BCUT2D eigenvalue weighted by Gasteiger charge is -2.26. The predicted molar refractivity (Wildman–Crippen MR) is 184 cm³/mol. The highest BCUT2D eigenvalue weighted by Crippen LogP contribution is 2.46. The maximum atomic E-state index is 6.62. The number of rotatable bonds is 4. The molecule has 7 aromatic carbocycles. The first kappa shape index (κ1) is 24.2. The summed E-state index contributed by atoms with van der Waals surface area (Å²) in [6, 6.07) is 54.2. The third-order valence-electron chi connectivity index (χ3n) is 8.46. The van der Waals surface area contributed by atoms with Crippen molar-refractivity contribution in [1.29, 1.82) is 0 Å². The van der Waals surface area contributed by atoms with Gasteiger partial charge in [0.15, 0.2) is 0 Å². The number of hydrogen-bond acceptors (Lipinski definition) is 3. The largest absolute Gasteiger partial charge is 0.455 e. The van der Waals surface area contributed by atoms with Crippen LogP contribution in [0.25, 0.3) is 64.0 Å². The van der Waals surface area contributed by atoms with Gasteiger partial charge in [0.25, 0.3) is 0 Å². The molecule has 0 aliphatic carbocycles. The van der Waals surface area contributed by atoms with Gasteiger partial charge in [0.2, 0.25) is 0 Å². The molecule has 0 saturated heterocycles. The summed E-state index contributed by atoms with van der Waals surface area (Å²) in [5, 5.41) is 7.17. The van der Waals surface area contributed by atoms with Crippen molar-refractivity contribution in [2.45, 2.75) is 0 Å². The Balaban J connectivity index is 1.27. The van der Waals surface area contributed by atoms with Crippen LogP contribution in [0.4, 0.5) is 17.1 Å². The molecule has 3 heteroatoms. The Morgan fingerprint density at radius 2 is 1.16 bits per heavy atom. The number of anilines is 3. The van der Waals surface area contributed by atoms with Gasteiger partial charge in [-0.1, -0.05) is 103 Å². The minimum atomic E-state index is 0.887. The van der Waals surface area contributed by atoms with Crippen molar-refractivity contribution in [3.63, 3.8) is 0 Å². The maximum absolute atomic E-state index is 6.62. The molecule has 0 atom stereocenters. The first-order valence-corrected chi connectivity index (χ1v) is 15.3. The molecule has 43 heavy (non-hydrogen) atoms. The number of nitrogens with zero attached hydrogens (tertiary/aromatic N) is 1. The topological polar surface area (TPSA) is 16.4 Å². The molecule has 0 N–H and O–H groups in total. The Morgan fingerprint density at radius 1 is 0.465 bits per heavy atom. The summed E-state index contributed by atoms with van der Waals surface area (Å²) >= 11 is 1.85. The summed E-state index contributed by atoms with van der Waals surface area (Å²) < 4.78 is 9.18. The van der Waals surface area contributed by atoms with E-state index in [2.05, 4.69) is 157 Å². The molecule has 0 saturated carbocycles. The van der Waals surface area contributed by atoms with Gasteiger partial charge < -0.3 is 9.32 Å². The van der Waals surface area contributed by atoms with E-state index >= 15 is 0 Å². The molecule has 0 unspecified atom stereocenters. The van der Waals surface area contributed by atoms with E-state index in [1.165, 1.54) is 36.7 Å². The Bertz CT molecular complexity index is 2450. The van der Waals surface area contributed by atoms with Crippen LogP contribution < -0.4 is 4.90 Å². The molecule has 202 valence electrons. The van der Waals surface area contributed by atoms with Crippen molar-refractivity contribution in [2.75, 3.05) is 4.90 Å². The Morgan fingerprint density at radius 3 is 2.05 bits per heavy atom. The van der Waals surface area contributed by atoms with Gasteiger partial charge in [-0.3, -0.25) is 0 Å². The molecule has 0 amide bonds. The lowest BCUT2D eigenvalue weighted by molar-refractivity contribution is 0.673. The molecule has 0 aliphatic rings. The van der Waals surface area contributed by atoms with Gasteiger partial charge in [-0.25, -0.2) is 0 Å². The molecule has 2 nitrogen and oxygen atoms in total. The van der Waals surface area contributed by atoms with Crippen molar-refractivity contribution in [1.82, 2.24) is 0 Å². The number of furan rings is 1. The second-order valence-electron chi connectivity index (χ2n) is 10.9. The Kier molecular flexibility index (Phi) is 5.40. The van der Waals surface area contributed by atoms with Crippen molar-refractivity contribution < 1.29 is 4.42 Å². The fourth-order valence-electron chi connectivity index (χ4n) is 6.40. The first-order chi connectivity index (χ1) is 21.3. The van der Waals surface area contributed by atoms with Crippen LogP contribution in [0, 0.1) is 0 Å². The van der Waals surface area contributed by atoms with E-state index in [1.54, 1.807) is 0 Å². The van der Waals surface area contributed by atoms with Gasteiger partial charge in [0, 0.05) is 49.1 Å². The molecular weight excluding hydrogens is 543 g/mol. The average molecular weight is 568 g/mol. The summed E-state index contributed by atoms with van der Waals surface area (Å²) in [6.45, 7) is 0. The van der Waals surface area contributed by atoms with Crippen LogP contribution in [0.15, 0.2) is 156 Å². The lowest BCUT2D eigenvalue weighted by Crippen LogP contribution is -2.10. The molecular formula is C40H25NOS. The van der Waals surface area contributed by atoms with Crippen molar-refractivity contribution in [3.05, 3.63) is 152 Å². The zero-order chi connectivity index (χ0) is 28.3. The number of fused-ring (bicyclic) bond motifs is 8. The van der Waals surface area contributed by atoms with Crippen LogP contribution in [-0.2, 0) is 0 Å². The highest BCUT2D eigenvalue weighted by Gasteiger charge is 2.20. The fourth-order valence-corrected chi connectivity index (χ4v) is 7.61. The van der Waals surface area contributed by atoms with Gasteiger partial charge in [-0.2, -0.15) is 0 Å². The van der Waals surface area contributed by atoms with Crippen molar-refractivity contribution in [2.24, 2.45) is 0 Å². The normalized spacial score (nSPS) is 11.7. The molecule has 0 fully saturated rings. The number of thiophene rings is 1. The van der Waals surface area contributed by atoms with E-state index in [4.69, 9.17) is 4.42 Å². The van der Waals surface area contributed by atoms with Gasteiger partial charge in [0.1, 0.15) is 11.2 Å². The van der Waals surface area contributed by atoms with Gasteiger partial charge >= 0.3 is 0 Å². The fraction of sp³-hybridized carbons (Fsp3) is 0. The molecule has 0 bridgehead atoms. The minimum absolute atomic E-state index is 0.887. The molecule has 0 aliphatic heterocycles. The summed E-state index contributed by atoms with van der Waals surface area (Å²) in [7, 11) is 0. The third kappa shape index (κ3) is 3.86. The average Bonchev–Trinajstić information content (AvgIpc) is 3.65. The smallest absolute Gasteiger partial charge is 0.143 e. The quantitative estimate of drug-likeness (QED) is 0.210. The zero-order valence-corrected chi connectivity index (χ0v) is 24.0. The van der Waals surface area contributed by atoms with E-state index in [0.29, 0.717) is 0 Å². The summed E-state index contributed by atoms with van der Waals surface area (Å²) in [6.07, 6.45) is 0. The monoisotopic (exact) mass is 567 g/mol. The van der Waals surface area contributed by atoms with Crippen LogP contribution in [0.1, 0.15) is 0 Å². The second-order valence-corrected chi connectivity index (χ2v) is 12.0. The lowest BCUT2D eigenvalue weighted by atomic mass is 10.0. The minimum Gasteiger partial charge on any atom is -0.455 e. The van der Waals surface area contributed by atoms with E-state index in [-0.39, 0.29) is 0 Å². The Hall–Kier alpha value is -5.38. The second kappa shape index (κ2) is 9.59. The summed E-state index contributed by atoms with van der Waals surface area (Å²) in [4.78, 5) is 2.37. The van der Waals surface area contributed by atoms with Crippen LogP contribution in [0.3, 0.4) is 0 Å². The highest BCUT2D eigenvalue weighted by molar-refractivity contribution is 7.26. The van der Waals surface area contributed by atoms with E-state index < -0.39 is 0 Å². The standard InChI is InChI=1S/C40H25NOS/c1-2-9-26(10-3-1)27-17-20-29(21-18-27)41(36-15-8-14-35-33-13-6-7-16-38(33)43-40(35)36)30-22-24-32-34-23-19-28-11-4-5-12-31(28)39(34)42-37(32)25-30/h1-25H. The number of hydrogen-bond donors (Lipinski definition) is 0. The number of benzene rings is 7. The molecule has 9 rings (SSSR count). The molecule has 0 spiro atoms. The van der Waals surface area contributed by atoms with E-state index in [1.807, 2.05) is 11.3 Å². The van der Waals surface area contributed by atoms with Crippen LogP contribution in [0.2, 0.25) is 0 Å². The van der Waals surface area contributed by atoms with Gasteiger partial charge in [-0.15, -0.1) is 11.3 Å². The maximum Gasteiger partial charge on any atom is 0.143 e. The SMILES string of the molecule is c1ccc(-c2ccc(N(c3ccc4c(c3)oc3c5ccccc5ccc43)c3cccc4c3sc3ccccc34)cc2)cc1. The molecule has 2 heterocycles. The summed E-state index contributed by atoms with van der Waals surface area (Å²) in [5.41, 5.74) is 7.56. The van der Waals surface area contributed by atoms with Crippen LogP contribution >= 0.6 is 11.3 Å². The Labute approximate surface area is 252 Å². The zero-order valence-electron chi connectivity index (χ0n) is 23.2. The van der Waals surface area contributed by atoms with Crippen LogP contribution in [0.5, 0.6) is 0 Å². The first-order valence-electron chi connectivity index (χ1n) is 14.5. The van der Waals surface area contributed by atoms with E-state index in [0.717, 1.165) is 44.4 Å². The molecule has 2 aromatic heterocycles. The predicted octanol–water partition coefficient (Wildman–Crippen LogP) is 12.2. The summed E-state index contributed by atoms with van der Waals surface area (Å²) in [5.74, 6) is 0. The van der Waals surface area contributed by atoms with Crippen LogP contribution in [-0.4, -0.2) is 0 Å². The van der Waals surface area contributed by atoms with Crippen molar-refractivity contribution in [3.8, 4) is 11.1 Å². The van der Waals surface area contributed by atoms with E-state index in [9.17, 15) is 0 Å². The van der Waals surface area contributed by atoms with Gasteiger partial charge in [-0.05, 0) is 59.0 Å². The highest BCUT2D eigenvalue weighted by atomic mass is 32.1.